The van der Waals surface area contributed by atoms with Crippen LogP contribution in [0.25, 0.3) is 0 Å². The molecular weight excluding hydrogens is 288 g/mol. The number of aliphatic imine (C=N–C) groups is 1. The summed E-state index contributed by atoms with van der Waals surface area (Å²) in [4.78, 5) is 7.28. The highest BCUT2D eigenvalue weighted by Gasteiger charge is 2.18. The van der Waals surface area contributed by atoms with Gasteiger partial charge in [0.2, 0.25) is 0 Å². The Bertz CT molecular complexity index is 316. The SMILES string of the molecule is CCCC(CCO)CN=C(NCC)NCC1CCCN(CC)C1. The fourth-order valence-electron chi connectivity index (χ4n) is 3.33. The Morgan fingerprint density at radius 1 is 1.26 bits per heavy atom. The van der Waals surface area contributed by atoms with E-state index in [1.165, 1.54) is 25.9 Å². The van der Waals surface area contributed by atoms with E-state index in [1.807, 2.05) is 0 Å². The van der Waals surface area contributed by atoms with E-state index < -0.39 is 0 Å². The summed E-state index contributed by atoms with van der Waals surface area (Å²) in [7, 11) is 0. The molecule has 0 radical (unpaired) electrons. The minimum Gasteiger partial charge on any atom is -0.396 e. The lowest BCUT2D eigenvalue weighted by atomic mass is 9.98. The first-order valence-electron chi connectivity index (χ1n) is 9.58. The second-order valence-corrected chi connectivity index (χ2v) is 6.67. The number of hydrogen-bond donors (Lipinski definition) is 3. The van der Waals surface area contributed by atoms with Gasteiger partial charge in [0.15, 0.2) is 5.96 Å². The van der Waals surface area contributed by atoms with E-state index in [1.54, 1.807) is 0 Å². The molecule has 1 aliphatic rings. The molecule has 136 valence electrons. The zero-order chi connectivity index (χ0) is 16.9. The van der Waals surface area contributed by atoms with Crippen LogP contribution in [0.4, 0.5) is 0 Å². The van der Waals surface area contributed by atoms with Crippen LogP contribution in [0.1, 0.15) is 52.9 Å². The molecule has 2 atom stereocenters. The van der Waals surface area contributed by atoms with Crippen LogP contribution in [0.3, 0.4) is 0 Å². The fourth-order valence-corrected chi connectivity index (χ4v) is 3.33. The van der Waals surface area contributed by atoms with Gasteiger partial charge in [-0.2, -0.15) is 0 Å². The van der Waals surface area contributed by atoms with Crippen LogP contribution in [0.5, 0.6) is 0 Å². The second kappa shape index (κ2) is 12.6. The third-order valence-electron chi connectivity index (χ3n) is 4.69. The summed E-state index contributed by atoms with van der Waals surface area (Å²) in [6.07, 6.45) is 5.76. The van der Waals surface area contributed by atoms with Gasteiger partial charge in [-0.1, -0.05) is 20.3 Å². The van der Waals surface area contributed by atoms with Crippen LogP contribution in [-0.2, 0) is 0 Å². The van der Waals surface area contributed by atoms with Crippen LogP contribution in [0.2, 0.25) is 0 Å². The molecule has 2 unspecified atom stereocenters. The summed E-state index contributed by atoms with van der Waals surface area (Å²) >= 11 is 0. The van der Waals surface area contributed by atoms with Gasteiger partial charge in [0.1, 0.15) is 0 Å². The van der Waals surface area contributed by atoms with E-state index >= 15 is 0 Å². The summed E-state index contributed by atoms with van der Waals surface area (Å²) in [6.45, 7) is 13.1. The number of rotatable bonds is 10. The lowest BCUT2D eigenvalue weighted by Gasteiger charge is -2.32. The number of nitrogens with one attached hydrogen (secondary N) is 2. The van der Waals surface area contributed by atoms with Crippen LogP contribution in [-0.4, -0.2) is 61.8 Å². The van der Waals surface area contributed by atoms with Crippen LogP contribution in [0.15, 0.2) is 4.99 Å². The molecular formula is C18H38N4O. The van der Waals surface area contributed by atoms with Crippen molar-refractivity contribution in [3.05, 3.63) is 0 Å². The zero-order valence-electron chi connectivity index (χ0n) is 15.5. The Morgan fingerprint density at radius 3 is 2.74 bits per heavy atom. The maximum atomic E-state index is 9.17. The number of aliphatic hydroxyl groups excluding tert-OH is 1. The molecule has 1 fully saturated rings. The summed E-state index contributed by atoms with van der Waals surface area (Å²) in [5.41, 5.74) is 0. The lowest BCUT2D eigenvalue weighted by Crippen LogP contribution is -2.44. The van der Waals surface area contributed by atoms with E-state index in [-0.39, 0.29) is 6.61 Å². The van der Waals surface area contributed by atoms with E-state index in [2.05, 4.69) is 36.3 Å². The van der Waals surface area contributed by atoms with Gasteiger partial charge < -0.3 is 20.6 Å². The monoisotopic (exact) mass is 326 g/mol. The first-order chi connectivity index (χ1) is 11.2. The third kappa shape index (κ3) is 8.56. The molecule has 0 aromatic carbocycles. The normalized spacial score (nSPS) is 21.2. The van der Waals surface area contributed by atoms with E-state index in [0.717, 1.165) is 57.3 Å². The second-order valence-electron chi connectivity index (χ2n) is 6.67. The number of nitrogens with zero attached hydrogens (tertiary/aromatic N) is 2. The van der Waals surface area contributed by atoms with Gasteiger partial charge >= 0.3 is 0 Å². The Hall–Kier alpha value is -0.810. The highest BCUT2D eigenvalue weighted by atomic mass is 16.3. The highest BCUT2D eigenvalue weighted by Crippen LogP contribution is 2.15. The number of likely N-dealkylation sites (tertiary alicyclic amines) is 1. The van der Waals surface area contributed by atoms with Crippen molar-refractivity contribution >= 4 is 5.96 Å². The molecule has 0 aromatic heterocycles. The quantitative estimate of drug-likeness (QED) is 0.425. The van der Waals surface area contributed by atoms with E-state index in [9.17, 15) is 0 Å². The molecule has 1 rings (SSSR count). The van der Waals surface area contributed by atoms with Crippen molar-refractivity contribution in [3.63, 3.8) is 0 Å². The van der Waals surface area contributed by atoms with Crippen molar-refractivity contribution in [2.75, 3.05) is 45.9 Å². The Labute approximate surface area is 142 Å². The third-order valence-corrected chi connectivity index (χ3v) is 4.69. The maximum absolute atomic E-state index is 9.17. The first kappa shape index (κ1) is 20.2. The molecule has 1 aliphatic heterocycles. The lowest BCUT2D eigenvalue weighted by molar-refractivity contribution is 0.183. The number of piperidine rings is 1. The van der Waals surface area contributed by atoms with Crippen molar-refractivity contribution in [1.82, 2.24) is 15.5 Å². The highest BCUT2D eigenvalue weighted by molar-refractivity contribution is 5.79. The molecule has 0 bridgehead atoms. The zero-order valence-corrected chi connectivity index (χ0v) is 15.5. The van der Waals surface area contributed by atoms with Crippen molar-refractivity contribution in [2.24, 2.45) is 16.8 Å². The molecule has 0 spiro atoms. The maximum Gasteiger partial charge on any atom is 0.191 e. The Balaban J connectivity index is 2.44. The van der Waals surface area contributed by atoms with Crippen LogP contribution >= 0.6 is 0 Å². The average Bonchev–Trinajstić information content (AvgIpc) is 2.57. The molecule has 23 heavy (non-hydrogen) atoms. The molecule has 0 aliphatic carbocycles. The minimum atomic E-state index is 0.263. The smallest absolute Gasteiger partial charge is 0.191 e. The van der Waals surface area contributed by atoms with Gasteiger partial charge in [-0.05, 0) is 57.5 Å². The van der Waals surface area contributed by atoms with E-state index in [0.29, 0.717) is 5.92 Å². The van der Waals surface area contributed by atoms with Gasteiger partial charge in [0.25, 0.3) is 0 Å². The predicted octanol–water partition coefficient (Wildman–Crippen LogP) is 2.07. The predicted molar refractivity (Wildman–Crippen MR) is 98.9 cm³/mol. The molecule has 5 heteroatoms. The molecule has 1 saturated heterocycles. The fraction of sp³-hybridized carbons (Fsp3) is 0.944. The summed E-state index contributed by atoms with van der Waals surface area (Å²) < 4.78 is 0. The molecule has 0 aromatic rings. The standard InChI is InChI=1S/C18H38N4O/c1-4-8-16(10-12-23)13-20-18(19-5-2)21-14-17-9-7-11-22(6-3)15-17/h16-17,23H,4-15H2,1-3H3,(H2,19,20,21). The molecule has 5 nitrogen and oxygen atoms in total. The molecule has 3 N–H and O–H groups in total. The van der Waals surface area contributed by atoms with Crippen molar-refractivity contribution < 1.29 is 5.11 Å². The van der Waals surface area contributed by atoms with Crippen molar-refractivity contribution in [2.45, 2.75) is 52.9 Å². The summed E-state index contributed by atoms with van der Waals surface area (Å²) in [5.74, 6) is 2.14. The van der Waals surface area contributed by atoms with Gasteiger partial charge in [0, 0.05) is 32.8 Å². The van der Waals surface area contributed by atoms with Crippen LogP contribution < -0.4 is 10.6 Å². The Morgan fingerprint density at radius 2 is 2.09 bits per heavy atom. The molecule has 1 heterocycles. The average molecular weight is 327 g/mol. The molecule has 0 amide bonds. The van der Waals surface area contributed by atoms with Crippen molar-refractivity contribution in [3.8, 4) is 0 Å². The summed E-state index contributed by atoms with van der Waals surface area (Å²) in [5, 5.41) is 16.0. The van der Waals surface area contributed by atoms with Gasteiger partial charge in [-0.3, -0.25) is 4.99 Å². The minimum absolute atomic E-state index is 0.263. The Kier molecular flexibility index (Phi) is 11.1. The first-order valence-corrected chi connectivity index (χ1v) is 9.58. The van der Waals surface area contributed by atoms with Crippen molar-refractivity contribution in [1.29, 1.82) is 0 Å². The number of guanidine groups is 1. The van der Waals surface area contributed by atoms with E-state index in [4.69, 9.17) is 10.1 Å². The largest absolute Gasteiger partial charge is 0.396 e. The van der Waals surface area contributed by atoms with Gasteiger partial charge in [-0.25, -0.2) is 0 Å². The number of hydrogen-bond acceptors (Lipinski definition) is 3. The number of aliphatic hydroxyl groups is 1. The summed E-state index contributed by atoms with van der Waals surface area (Å²) in [6, 6.07) is 0. The van der Waals surface area contributed by atoms with Gasteiger partial charge in [0.05, 0.1) is 0 Å². The van der Waals surface area contributed by atoms with Gasteiger partial charge in [-0.15, -0.1) is 0 Å². The molecule has 0 saturated carbocycles. The topological polar surface area (TPSA) is 59.9 Å². The van der Waals surface area contributed by atoms with Crippen LogP contribution in [0, 0.1) is 11.8 Å².